The van der Waals surface area contributed by atoms with Gasteiger partial charge in [0.25, 0.3) is 0 Å². The molecule has 1 unspecified atom stereocenters. The molecule has 1 atom stereocenters. The zero-order valence-electron chi connectivity index (χ0n) is 13.9. The fraction of sp³-hybridized carbons (Fsp3) is 0.941. The maximum absolute atomic E-state index is 12.6. The number of hydrogen-bond acceptors (Lipinski definition) is 3. The molecule has 0 bridgehead atoms. The minimum atomic E-state index is -0.627. The average molecular weight is 281 g/mol. The summed E-state index contributed by atoms with van der Waals surface area (Å²) < 4.78 is 6.00. The summed E-state index contributed by atoms with van der Waals surface area (Å²) in [7, 11) is 2.19. The van der Waals surface area contributed by atoms with Crippen molar-refractivity contribution in [3.8, 4) is 0 Å². The SMILES string of the molecule is CN(CC1C(=O)C(C)(C)OC1(C)C)C1CCCCCC1. The van der Waals surface area contributed by atoms with Gasteiger partial charge in [0.1, 0.15) is 5.60 Å². The van der Waals surface area contributed by atoms with Crippen molar-refractivity contribution in [1.82, 2.24) is 4.90 Å². The predicted octanol–water partition coefficient (Wildman–Crippen LogP) is 3.41. The molecule has 1 saturated carbocycles. The first-order chi connectivity index (χ1) is 9.24. The van der Waals surface area contributed by atoms with Gasteiger partial charge in [-0.1, -0.05) is 25.7 Å². The van der Waals surface area contributed by atoms with Crippen LogP contribution in [0, 0.1) is 5.92 Å². The molecule has 0 spiro atoms. The van der Waals surface area contributed by atoms with Crippen LogP contribution in [0.4, 0.5) is 0 Å². The van der Waals surface area contributed by atoms with E-state index in [1.807, 2.05) is 13.8 Å². The van der Waals surface area contributed by atoms with Crippen LogP contribution in [0.15, 0.2) is 0 Å². The third-order valence-electron chi connectivity index (χ3n) is 5.19. The van der Waals surface area contributed by atoms with Gasteiger partial charge in [-0.25, -0.2) is 0 Å². The Balaban J connectivity index is 2.02. The molecular weight excluding hydrogens is 250 g/mol. The monoisotopic (exact) mass is 281 g/mol. The topological polar surface area (TPSA) is 29.5 Å². The molecular formula is C17H31NO2. The molecule has 1 aliphatic carbocycles. The molecule has 3 nitrogen and oxygen atoms in total. The van der Waals surface area contributed by atoms with E-state index in [2.05, 4.69) is 25.8 Å². The normalized spacial score (nSPS) is 30.7. The molecule has 1 saturated heterocycles. The Morgan fingerprint density at radius 1 is 1.10 bits per heavy atom. The average Bonchev–Trinajstić information content (AvgIpc) is 2.58. The third-order valence-corrected chi connectivity index (χ3v) is 5.19. The Kier molecular flexibility index (Phi) is 4.60. The van der Waals surface area contributed by atoms with Crippen LogP contribution in [0.5, 0.6) is 0 Å². The van der Waals surface area contributed by atoms with Crippen molar-refractivity contribution in [2.24, 2.45) is 5.92 Å². The van der Waals surface area contributed by atoms with E-state index < -0.39 is 5.60 Å². The molecule has 2 fully saturated rings. The molecule has 2 aliphatic rings. The molecule has 0 aromatic rings. The maximum atomic E-state index is 12.6. The van der Waals surface area contributed by atoms with Gasteiger partial charge in [-0.15, -0.1) is 0 Å². The van der Waals surface area contributed by atoms with Crippen molar-refractivity contribution in [2.75, 3.05) is 13.6 Å². The lowest BCUT2D eigenvalue weighted by molar-refractivity contribution is -0.132. The molecule has 0 N–H and O–H groups in total. The summed E-state index contributed by atoms with van der Waals surface area (Å²) in [5, 5.41) is 0. The maximum Gasteiger partial charge on any atom is 0.171 e. The zero-order chi connectivity index (χ0) is 15.0. The second kappa shape index (κ2) is 5.76. The second-order valence-electron chi connectivity index (χ2n) is 7.72. The van der Waals surface area contributed by atoms with Crippen LogP contribution < -0.4 is 0 Å². The predicted molar refractivity (Wildman–Crippen MR) is 81.9 cm³/mol. The van der Waals surface area contributed by atoms with Gasteiger partial charge >= 0.3 is 0 Å². The van der Waals surface area contributed by atoms with Gasteiger partial charge in [0.05, 0.1) is 11.5 Å². The molecule has 20 heavy (non-hydrogen) atoms. The number of ketones is 1. The number of carbonyl (C=O) groups is 1. The Labute approximate surface area is 124 Å². The molecule has 1 heterocycles. The minimum Gasteiger partial charge on any atom is -0.361 e. The molecule has 0 aromatic carbocycles. The minimum absolute atomic E-state index is 0.00856. The van der Waals surface area contributed by atoms with E-state index in [0.29, 0.717) is 6.04 Å². The quantitative estimate of drug-likeness (QED) is 0.742. The van der Waals surface area contributed by atoms with Crippen molar-refractivity contribution in [3.05, 3.63) is 0 Å². The number of rotatable bonds is 3. The van der Waals surface area contributed by atoms with E-state index in [1.165, 1.54) is 38.5 Å². The first kappa shape index (κ1) is 16.0. The van der Waals surface area contributed by atoms with E-state index in [-0.39, 0.29) is 17.3 Å². The number of carbonyl (C=O) groups excluding carboxylic acids is 1. The fourth-order valence-corrected chi connectivity index (χ4v) is 3.95. The number of Topliss-reactive ketones (excluding diaryl/α,β-unsaturated/α-hetero) is 1. The number of hydrogen-bond donors (Lipinski definition) is 0. The second-order valence-corrected chi connectivity index (χ2v) is 7.72. The Bertz CT molecular complexity index is 354. The molecule has 1 aliphatic heterocycles. The van der Waals surface area contributed by atoms with Gasteiger partial charge in [0, 0.05) is 12.6 Å². The summed E-state index contributed by atoms with van der Waals surface area (Å²) in [4.78, 5) is 15.0. The summed E-state index contributed by atoms with van der Waals surface area (Å²) in [6.45, 7) is 8.77. The number of nitrogens with zero attached hydrogens (tertiary/aromatic N) is 1. The van der Waals surface area contributed by atoms with Crippen LogP contribution in [0.1, 0.15) is 66.2 Å². The molecule has 0 aromatic heterocycles. The highest BCUT2D eigenvalue weighted by Gasteiger charge is 2.53. The Hall–Kier alpha value is -0.410. The standard InChI is InChI=1S/C17H31NO2/c1-16(2)14(15(19)17(3,4)20-16)12-18(5)13-10-8-6-7-9-11-13/h13-14H,6-12H2,1-5H3. The van der Waals surface area contributed by atoms with Crippen LogP contribution in [-0.2, 0) is 9.53 Å². The summed E-state index contributed by atoms with van der Waals surface area (Å²) >= 11 is 0. The van der Waals surface area contributed by atoms with Gasteiger partial charge in [-0.3, -0.25) is 4.79 Å². The molecule has 116 valence electrons. The summed E-state index contributed by atoms with van der Waals surface area (Å²) in [6.07, 6.45) is 7.96. The highest BCUT2D eigenvalue weighted by atomic mass is 16.5. The van der Waals surface area contributed by atoms with Gasteiger partial charge < -0.3 is 9.64 Å². The third kappa shape index (κ3) is 3.25. The first-order valence-electron chi connectivity index (χ1n) is 8.19. The van der Waals surface area contributed by atoms with Crippen LogP contribution in [0.25, 0.3) is 0 Å². The largest absolute Gasteiger partial charge is 0.361 e. The van der Waals surface area contributed by atoms with Crippen LogP contribution in [0.3, 0.4) is 0 Å². The molecule has 2 rings (SSSR count). The smallest absolute Gasteiger partial charge is 0.171 e. The Morgan fingerprint density at radius 2 is 1.65 bits per heavy atom. The van der Waals surface area contributed by atoms with Crippen molar-refractivity contribution in [1.29, 1.82) is 0 Å². The highest BCUT2D eigenvalue weighted by Crippen LogP contribution is 2.39. The summed E-state index contributed by atoms with van der Waals surface area (Å²) in [5.74, 6) is 0.258. The van der Waals surface area contributed by atoms with Crippen molar-refractivity contribution in [3.63, 3.8) is 0 Å². The lowest BCUT2D eigenvalue weighted by Crippen LogP contribution is -2.43. The van der Waals surface area contributed by atoms with E-state index >= 15 is 0 Å². The van der Waals surface area contributed by atoms with Gasteiger partial charge in [-0.2, -0.15) is 0 Å². The van der Waals surface area contributed by atoms with Gasteiger partial charge in [0.15, 0.2) is 5.78 Å². The van der Waals surface area contributed by atoms with Crippen LogP contribution in [0.2, 0.25) is 0 Å². The fourth-order valence-electron chi connectivity index (χ4n) is 3.95. The summed E-state index contributed by atoms with van der Waals surface area (Å²) in [6, 6.07) is 0.643. The lowest BCUT2D eigenvalue weighted by Gasteiger charge is -2.33. The number of ether oxygens (including phenoxy) is 1. The molecule has 0 amide bonds. The first-order valence-corrected chi connectivity index (χ1v) is 8.19. The summed E-state index contributed by atoms with van der Waals surface area (Å²) in [5.41, 5.74) is -0.974. The van der Waals surface area contributed by atoms with Crippen molar-refractivity contribution < 1.29 is 9.53 Å². The van der Waals surface area contributed by atoms with Crippen LogP contribution in [-0.4, -0.2) is 41.5 Å². The van der Waals surface area contributed by atoms with Crippen LogP contribution >= 0.6 is 0 Å². The Morgan fingerprint density at radius 3 is 2.10 bits per heavy atom. The van der Waals surface area contributed by atoms with E-state index in [9.17, 15) is 4.79 Å². The van der Waals surface area contributed by atoms with Gasteiger partial charge in [-0.05, 0) is 47.6 Å². The molecule has 3 heteroatoms. The zero-order valence-corrected chi connectivity index (χ0v) is 13.9. The van der Waals surface area contributed by atoms with E-state index in [4.69, 9.17) is 4.74 Å². The molecule has 0 radical (unpaired) electrons. The highest BCUT2D eigenvalue weighted by molar-refractivity contribution is 5.91. The van der Waals surface area contributed by atoms with Gasteiger partial charge in [0.2, 0.25) is 0 Å². The van der Waals surface area contributed by atoms with Crippen molar-refractivity contribution >= 4 is 5.78 Å². The van der Waals surface area contributed by atoms with E-state index in [0.717, 1.165) is 6.54 Å². The van der Waals surface area contributed by atoms with Crippen molar-refractivity contribution in [2.45, 2.75) is 83.5 Å². The van der Waals surface area contributed by atoms with E-state index in [1.54, 1.807) is 0 Å². The lowest BCUT2D eigenvalue weighted by atomic mass is 9.85.